The van der Waals surface area contributed by atoms with Gasteiger partial charge in [0.2, 0.25) is 0 Å². The zero-order valence-electron chi connectivity index (χ0n) is 11.7. The summed E-state index contributed by atoms with van der Waals surface area (Å²) in [7, 11) is 0. The third-order valence-corrected chi connectivity index (χ3v) is 3.32. The molecule has 0 saturated carbocycles. The molecule has 0 amide bonds. The van der Waals surface area contributed by atoms with Crippen molar-refractivity contribution in [2.75, 3.05) is 19.8 Å². The maximum absolute atomic E-state index is 5.76. The van der Waals surface area contributed by atoms with E-state index in [1.807, 2.05) is 31.2 Å². The number of aromatic nitrogens is 1. The topological polar surface area (TPSA) is 40.6 Å². The lowest BCUT2D eigenvalue weighted by molar-refractivity contribution is -0.183. The lowest BCUT2D eigenvalue weighted by atomic mass is 10.2. The van der Waals surface area contributed by atoms with Crippen molar-refractivity contribution < 1.29 is 14.2 Å². The Hall–Kier alpha value is -1.65. The molecule has 3 rings (SSSR count). The number of fused-ring (bicyclic) bond motifs is 1. The van der Waals surface area contributed by atoms with Gasteiger partial charge < -0.3 is 14.2 Å². The molecule has 2 heterocycles. The Kier molecular flexibility index (Phi) is 4.14. The fraction of sp³-hybridized carbons (Fsp3) is 0.438. The molecule has 1 aliphatic rings. The second kappa shape index (κ2) is 6.20. The summed E-state index contributed by atoms with van der Waals surface area (Å²) >= 11 is 0. The van der Waals surface area contributed by atoms with Gasteiger partial charge in [-0.3, -0.25) is 4.98 Å². The summed E-state index contributed by atoms with van der Waals surface area (Å²) in [6.07, 6.45) is 1.62. The fourth-order valence-electron chi connectivity index (χ4n) is 2.27. The summed E-state index contributed by atoms with van der Waals surface area (Å²) in [5.74, 6) is 0.860. The van der Waals surface area contributed by atoms with Gasteiger partial charge >= 0.3 is 0 Å². The lowest BCUT2D eigenvalue weighted by Crippen LogP contribution is -2.26. The van der Waals surface area contributed by atoms with E-state index in [1.165, 1.54) is 0 Å². The van der Waals surface area contributed by atoms with E-state index in [-0.39, 0.29) is 6.29 Å². The summed E-state index contributed by atoms with van der Waals surface area (Å²) < 4.78 is 16.7. The van der Waals surface area contributed by atoms with Gasteiger partial charge in [-0.25, -0.2) is 0 Å². The zero-order chi connectivity index (χ0) is 13.8. The number of ether oxygens (including phenoxy) is 3. The van der Waals surface area contributed by atoms with Crippen molar-refractivity contribution in [2.24, 2.45) is 0 Å². The second-order valence-electron chi connectivity index (χ2n) is 4.97. The highest BCUT2D eigenvalue weighted by atomic mass is 16.7. The molecule has 4 nitrogen and oxygen atoms in total. The molecule has 2 aromatic rings. The minimum Gasteiger partial charge on any atom is -0.493 e. The van der Waals surface area contributed by atoms with Gasteiger partial charge in [-0.15, -0.1) is 0 Å². The van der Waals surface area contributed by atoms with Gasteiger partial charge in [-0.05, 0) is 37.6 Å². The van der Waals surface area contributed by atoms with Crippen LogP contribution < -0.4 is 4.74 Å². The molecule has 0 radical (unpaired) electrons. The molecule has 1 aliphatic heterocycles. The first-order valence-electron chi connectivity index (χ1n) is 7.05. The Morgan fingerprint density at radius 2 is 2.05 bits per heavy atom. The van der Waals surface area contributed by atoms with Crippen LogP contribution in [0.4, 0.5) is 0 Å². The predicted molar refractivity (Wildman–Crippen MR) is 76.9 cm³/mol. The third kappa shape index (κ3) is 3.26. The maximum atomic E-state index is 5.76. The number of pyridine rings is 1. The van der Waals surface area contributed by atoms with E-state index in [0.29, 0.717) is 6.61 Å². The van der Waals surface area contributed by atoms with Gasteiger partial charge in [0.25, 0.3) is 0 Å². The molecule has 0 N–H and O–H groups in total. The SMILES string of the molecule is Cc1ccc2cc(OCCC3OCCCO3)ccc2n1. The van der Waals surface area contributed by atoms with Gasteiger partial charge in [-0.1, -0.05) is 6.07 Å². The van der Waals surface area contributed by atoms with E-state index >= 15 is 0 Å². The molecule has 106 valence electrons. The van der Waals surface area contributed by atoms with Crippen molar-refractivity contribution >= 4 is 10.9 Å². The smallest absolute Gasteiger partial charge is 0.160 e. The van der Waals surface area contributed by atoms with E-state index in [9.17, 15) is 0 Å². The van der Waals surface area contributed by atoms with Crippen molar-refractivity contribution in [3.63, 3.8) is 0 Å². The molecule has 1 aromatic carbocycles. The number of aryl methyl sites for hydroxylation is 1. The van der Waals surface area contributed by atoms with E-state index in [2.05, 4.69) is 11.1 Å². The Morgan fingerprint density at radius 1 is 1.20 bits per heavy atom. The van der Waals surface area contributed by atoms with E-state index in [4.69, 9.17) is 14.2 Å². The molecule has 0 unspecified atom stereocenters. The van der Waals surface area contributed by atoms with Crippen LogP contribution in [0.25, 0.3) is 10.9 Å². The van der Waals surface area contributed by atoms with Gasteiger partial charge in [0.15, 0.2) is 6.29 Å². The molecule has 1 aromatic heterocycles. The average Bonchev–Trinajstić information content (AvgIpc) is 2.48. The largest absolute Gasteiger partial charge is 0.493 e. The first-order valence-corrected chi connectivity index (χ1v) is 7.05. The molecule has 0 aliphatic carbocycles. The van der Waals surface area contributed by atoms with Crippen LogP contribution >= 0.6 is 0 Å². The highest BCUT2D eigenvalue weighted by molar-refractivity contribution is 5.80. The Bertz CT molecular complexity index is 579. The minimum atomic E-state index is -0.117. The van der Waals surface area contributed by atoms with E-state index in [0.717, 1.165) is 48.4 Å². The molecule has 4 heteroatoms. The molecule has 0 atom stereocenters. The summed E-state index contributed by atoms with van der Waals surface area (Å²) in [6.45, 7) is 4.15. The fourth-order valence-corrected chi connectivity index (χ4v) is 2.27. The number of nitrogens with zero attached hydrogens (tertiary/aromatic N) is 1. The van der Waals surface area contributed by atoms with Crippen molar-refractivity contribution in [1.82, 2.24) is 4.98 Å². The zero-order valence-corrected chi connectivity index (χ0v) is 11.7. The quantitative estimate of drug-likeness (QED) is 0.858. The van der Waals surface area contributed by atoms with E-state index in [1.54, 1.807) is 0 Å². The summed E-state index contributed by atoms with van der Waals surface area (Å²) in [4.78, 5) is 4.47. The Morgan fingerprint density at radius 3 is 2.90 bits per heavy atom. The van der Waals surface area contributed by atoms with Crippen LogP contribution in [0.3, 0.4) is 0 Å². The van der Waals surface area contributed by atoms with Crippen LogP contribution in [-0.2, 0) is 9.47 Å². The van der Waals surface area contributed by atoms with Crippen molar-refractivity contribution in [3.05, 3.63) is 36.0 Å². The van der Waals surface area contributed by atoms with Crippen LogP contribution in [0.5, 0.6) is 5.75 Å². The average molecular weight is 273 g/mol. The van der Waals surface area contributed by atoms with Crippen molar-refractivity contribution in [3.8, 4) is 5.75 Å². The first kappa shape index (κ1) is 13.3. The maximum Gasteiger partial charge on any atom is 0.160 e. The third-order valence-electron chi connectivity index (χ3n) is 3.32. The van der Waals surface area contributed by atoms with Crippen molar-refractivity contribution in [2.45, 2.75) is 26.1 Å². The van der Waals surface area contributed by atoms with Gasteiger partial charge in [-0.2, -0.15) is 0 Å². The van der Waals surface area contributed by atoms with Crippen LogP contribution in [0.15, 0.2) is 30.3 Å². The number of hydrogen-bond donors (Lipinski definition) is 0. The lowest BCUT2D eigenvalue weighted by Gasteiger charge is -2.23. The predicted octanol–water partition coefficient (Wildman–Crippen LogP) is 3.08. The standard InChI is InChI=1S/C16H19NO3/c1-12-3-4-13-11-14(5-6-15(13)17-12)18-10-7-16-19-8-2-9-20-16/h3-6,11,16H,2,7-10H2,1H3. The van der Waals surface area contributed by atoms with Crippen LogP contribution in [-0.4, -0.2) is 31.1 Å². The second-order valence-corrected chi connectivity index (χ2v) is 4.97. The highest BCUT2D eigenvalue weighted by Gasteiger charge is 2.13. The molecule has 20 heavy (non-hydrogen) atoms. The normalized spacial score (nSPS) is 16.4. The van der Waals surface area contributed by atoms with Crippen LogP contribution in [0.1, 0.15) is 18.5 Å². The van der Waals surface area contributed by atoms with Gasteiger partial charge in [0.1, 0.15) is 5.75 Å². The molecule has 1 fully saturated rings. The number of benzene rings is 1. The number of hydrogen-bond acceptors (Lipinski definition) is 4. The molecular formula is C16H19NO3. The summed E-state index contributed by atoms with van der Waals surface area (Å²) in [5.41, 5.74) is 2.02. The molecule has 0 bridgehead atoms. The summed E-state index contributed by atoms with van der Waals surface area (Å²) in [6, 6.07) is 10.0. The molecular weight excluding hydrogens is 254 g/mol. The Balaban J connectivity index is 1.58. The van der Waals surface area contributed by atoms with Crippen LogP contribution in [0.2, 0.25) is 0 Å². The molecule has 0 spiro atoms. The Labute approximate surface area is 118 Å². The monoisotopic (exact) mass is 273 g/mol. The van der Waals surface area contributed by atoms with Crippen molar-refractivity contribution in [1.29, 1.82) is 0 Å². The van der Waals surface area contributed by atoms with Gasteiger partial charge in [0, 0.05) is 17.5 Å². The molecule has 1 saturated heterocycles. The van der Waals surface area contributed by atoms with Gasteiger partial charge in [0.05, 0.1) is 25.3 Å². The first-order chi connectivity index (χ1) is 9.81. The minimum absolute atomic E-state index is 0.117. The highest BCUT2D eigenvalue weighted by Crippen LogP contribution is 2.20. The number of rotatable bonds is 4. The van der Waals surface area contributed by atoms with E-state index < -0.39 is 0 Å². The van der Waals surface area contributed by atoms with Crippen LogP contribution in [0, 0.1) is 6.92 Å². The summed E-state index contributed by atoms with van der Waals surface area (Å²) in [5, 5.41) is 1.10.